The van der Waals surface area contributed by atoms with Crippen LogP contribution in [0.1, 0.15) is 29.5 Å². The number of amides is 4. The van der Waals surface area contributed by atoms with Gasteiger partial charge in [0.05, 0.1) is 19.1 Å². The second-order valence-electron chi connectivity index (χ2n) is 8.12. The van der Waals surface area contributed by atoms with Crippen LogP contribution in [0.2, 0.25) is 0 Å². The molecule has 2 aromatic rings. The van der Waals surface area contributed by atoms with Gasteiger partial charge in [-0.3, -0.25) is 14.5 Å². The van der Waals surface area contributed by atoms with Crippen LogP contribution in [0, 0.1) is 25.2 Å². The number of aryl methyl sites for hydroxylation is 2. The quantitative estimate of drug-likeness (QED) is 0.732. The van der Waals surface area contributed by atoms with Gasteiger partial charge in [0.1, 0.15) is 12.3 Å². The van der Waals surface area contributed by atoms with E-state index in [9.17, 15) is 14.4 Å². The van der Waals surface area contributed by atoms with E-state index in [4.69, 9.17) is 10.00 Å². The molecule has 1 unspecified atom stereocenters. The van der Waals surface area contributed by atoms with Crippen molar-refractivity contribution in [1.29, 1.82) is 5.26 Å². The molecule has 0 aromatic heterocycles. The zero-order chi connectivity index (χ0) is 22.9. The molecule has 1 atom stereocenters. The van der Waals surface area contributed by atoms with Gasteiger partial charge in [-0.2, -0.15) is 5.26 Å². The molecule has 2 aliphatic heterocycles. The molecule has 2 aliphatic rings. The number of ether oxygens (including phenoxy) is 1. The third kappa shape index (κ3) is 3.66. The summed E-state index contributed by atoms with van der Waals surface area (Å²) in [5.74, 6) is -0.343. The third-order valence-corrected chi connectivity index (χ3v) is 5.82. The molecule has 8 heteroatoms. The molecule has 1 fully saturated rings. The molecule has 8 nitrogen and oxygen atoms in total. The van der Waals surface area contributed by atoms with Gasteiger partial charge >= 0.3 is 6.03 Å². The summed E-state index contributed by atoms with van der Waals surface area (Å²) in [7, 11) is 0. The maximum absolute atomic E-state index is 13.4. The highest BCUT2D eigenvalue weighted by Gasteiger charge is 2.55. The Labute approximate surface area is 186 Å². The largest absolute Gasteiger partial charge is 0.493 e. The SMILES string of the molecule is Cc1cc(C)cc(N(CCC#N)C(=O)CN2C(=O)NC3(CCOc4ccccc43)C2=O)c1. The molecule has 32 heavy (non-hydrogen) atoms. The van der Waals surface area contributed by atoms with Crippen LogP contribution in [0.3, 0.4) is 0 Å². The van der Waals surface area contributed by atoms with Crippen LogP contribution in [-0.2, 0) is 15.1 Å². The van der Waals surface area contributed by atoms with Gasteiger partial charge in [0.15, 0.2) is 5.54 Å². The van der Waals surface area contributed by atoms with Crippen LogP contribution in [-0.4, -0.2) is 42.4 Å². The summed E-state index contributed by atoms with van der Waals surface area (Å²) in [4.78, 5) is 41.9. The Kier molecular flexibility index (Phi) is 5.57. The van der Waals surface area contributed by atoms with E-state index in [0.717, 1.165) is 16.0 Å². The van der Waals surface area contributed by atoms with Gasteiger partial charge in [0.25, 0.3) is 5.91 Å². The number of para-hydroxylation sites is 1. The minimum atomic E-state index is -1.23. The summed E-state index contributed by atoms with van der Waals surface area (Å²) in [6.45, 7) is 3.89. The summed E-state index contributed by atoms with van der Waals surface area (Å²) >= 11 is 0. The van der Waals surface area contributed by atoms with Crippen molar-refractivity contribution < 1.29 is 19.1 Å². The number of imide groups is 1. The Balaban J connectivity index is 1.62. The number of nitrogens with one attached hydrogen (secondary N) is 1. The smallest absolute Gasteiger partial charge is 0.325 e. The Bertz CT molecular complexity index is 1120. The average Bonchev–Trinajstić information content (AvgIpc) is 2.98. The number of hydrogen-bond donors (Lipinski definition) is 1. The molecule has 1 spiro atoms. The molecule has 0 aliphatic carbocycles. The fourth-order valence-corrected chi connectivity index (χ4v) is 4.40. The van der Waals surface area contributed by atoms with E-state index >= 15 is 0 Å². The molecule has 0 bridgehead atoms. The lowest BCUT2D eigenvalue weighted by molar-refractivity contribution is -0.135. The molecular weight excluding hydrogens is 408 g/mol. The van der Waals surface area contributed by atoms with E-state index in [1.54, 1.807) is 24.3 Å². The average molecular weight is 432 g/mol. The van der Waals surface area contributed by atoms with Crippen LogP contribution < -0.4 is 15.0 Å². The number of carbonyl (C=O) groups excluding carboxylic acids is 3. The maximum Gasteiger partial charge on any atom is 0.325 e. The number of anilines is 1. The predicted octanol–water partition coefficient (Wildman–Crippen LogP) is 2.78. The number of benzene rings is 2. The Morgan fingerprint density at radius 3 is 2.66 bits per heavy atom. The lowest BCUT2D eigenvalue weighted by atomic mass is 9.84. The number of rotatable bonds is 5. The topological polar surface area (TPSA) is 103 Å². The summed E-state index contributed by atoms with van der Waals surface area (Å²) in [5.41, 5.74) is 1.95. The molecule has 4 amide bonds. The Hall–Kier alpha value is -3.86. The first-order valence-electron chi connectivity index (χ1n) is 10.5. The minimum Gasteiger partial charge on any atom is -0.493 e. The van der Waals surface area contributed by atoms with Crippen molar-refractivity contribution in [3.8, 4) is 11.8 Å². The first kappa shape index (κ1) is 21.4. The fourth-order valence-electron chi connectivity index (χ4n) is 4.40. The van der Waals surface area contributed by atoms with E-state index in [2.05, 4.69) is 11.4 Å². The summed E-state index contributed by atoms with van der Waals surface area (Å²) in [6.07, 6.45) is 0.419. The highest BCUT2D eigenvalue weighted by molar-refractivity contribution is 6.11. The number of nitriles is 1. The zero-order valence-corrected chi connectivity index (χ0v) is 18.1. The van der Waals surface area contributed by atoms with E-state index in [1.165, 1.54) is 4.90 Å². The van der Waals surface area contributed by atoms with Crippen molar-refractivity contribution in [3.05, 3.63) is 59.2 Å². The van der Waals surface area contributed by atoms with Crippen molar-refractivity contribution in [2.24, 2.45) is 0 Å². The van der Waals surface area contributed by atoms with Crippen molar-refractivity contribution in [2.75, 3.05) is 24.6 Å². The summed E-state index contributed by atoms with van der Waals surface area (Å²) in [6, 6.07) is 14.2. The highest BCUT2D eigenvalue weighted by Crippen LogP contribution is 2.41. The monoisotopic (exact) mass is 432 g/mol. The van der Waals surface area contributed by atoms with Crippen LogP contribution in [0.25, 0.3) is 0 Å². The van der Waals surface area contributed by atoms with Gasteiger partial charge in [-0.1, -0.05) is 24.3 Å². The molecule has 4 rings (SSSR count). The first-order valence-corrected chi connectivity index (χ1v) is 10.5. The molecule has 2 heterocycles. The van der Waals surface area contributed by atoms with Gasteiger partial charge < -0.3 is 15.0 Å². The van der Waals surface area contributed by atoms with Crippen LogP contribution in [0.4, 0.5) is 10.5 Å². The molecule has 1 N–H and O–H groups in total. The van der Waals surface area contributed by atoms with Gasteiger partial charge in [-0.05, 0) is 43.2 Å². The second kappa shape index (κ2) is 8.35. The van der Waals surface area contributed by atoms with Crippen LogP contribution >= 0.6 is 0 Å². The normalized spacial score (nSPS) is 19.2. The second-order valence-corrected chi connectivity index (χ2v) is 8.12. The van der Waals surface area contributed by atoms with Crippen LogP contribution in [0.5, 0.6) is 5.75 Å². The lowest BCUT2D eigenvalue weighted by Gasteiger charge is -2.33. The maximum atomic E-state index is 13.4. The number of nitrogens with zero attached hydrogens (tertiary/aromatic N) is 3. The van der Waals surface area contributed by atoms with Crippen molar-refractivity contribution in [1.82, 2.24) is 10.2 Å². The summed E-state index contributed by atoms with van der Waals surface area (Å²) < 4.78 is 5.64. The van der Waals surface area contributed by atoms with Gasteiger partial charge in [0, 0.05) is 24.2 Å². The van der Waals surface area contributed by atoms with Crippen molar-refractivity contribution >= 4 is 23.5 Å². The molecule has 164 valence electrons. The molecule has 0 radical (unpaired) electrons. The molecule has 2 aromatic carbocycles. The zero-order valence-electron chi connectivity index (χ0n) is 18.1. The predicted molar refractivity (Wildman–Crippen MR) is 117 cm³/mol. The molecule has 0 saturated carbocycles. The van der Waals surface area contributed by atoms with E-state index in [-0.39, 0.29) is 26.0 Å². The van der Waals surface area contributed by atoms with Gasteiger partial charge in [0.2, 0.25) is 5.91 Å². The molecular formula is C24H24N4O4. The van der Waals surface area contributed by atoms with Crippen molar-refractivity contribution in [3.63, 3.8) is 0 Å². The van der Waals surface area contributed by atoms with E-state index < -0.39 is 29.9 Å². The standard InChI is InChI=1S/C24H24N4O4/c1-16-12-17(2)14-18(13-16)27(10-5-9-25)21(29)15-28-22(30)24(26-23(28)31)8-11-32-20-7-4-3-6-19(20)24/h3-4,6-7,12-14H,5,8,10-11,15H2,1-2H3,(H,26,31). The van der Waals surface area contributed by atoms with Crippen LogP contribution in [0.15, 0.2) is 42.5 Å². The first-order chi connectivity index (χ1) is 15.4. The minimum absolute atomic E-state index is 0.132. The van der Waals surface area contributed by atoms with E-state index in [0.29, 0.717) is 17.0 Å². The third-order valence-electron chi connectivity index (χ3n) is 5.82. The lowest BCUT2D eigenvalue weighted by Crippen LogP contribution is -2.48. The highest BCUT2D eigenvalue weighted by atomic mass is 16.5. The Morgan fingerprint density at radius 2 is 1.94 bits per heavy atom. The summed E-state index contributed by atoms with van der Waals surface area (Å²) in [5, 5.41) is 11.9. The number of hydrogen-bond acceptors (Lipinski definition) is 5. The van der Waals surface area contributed by atoms with Gasteiger partial charge in [-0.25, -0.2) is 4.79 Å². The fraction of sp³-hybridized carbons (Fsp3) is 0.333. The number of fused-ring (bicyclic) bond motifs is 2. The number of urea groups is 1. The van der Waals surface area contributed by atoms with E-state index in [1.807, 2.05) is 32.0 Å². The van der Waals surface area contributed by atoms with Gasteiger partial charge in [-0.15, -0.1) is 0 Å². The molecule has 1 saturated heterocycles. The Morgan fingerprint density at radius 1 is 1.22 bits per heavy atom. The van der Waals surface area contributed by atoms with Crippen molar-refractivity contribution in [2.45, 2.75) is 32.2 Å². The number of carbonyl (C=O) groups is 3.